The van der Waals surface area contributed by atoms with Crippen LogP contribution < -0.4 is 9.47 Å². The van der Waals surface area contributed by atoms with E-state index in [0.29, 0.717) is 6.54 Å². The molecule has 0 aliphatic carbocycles. The molecular weight excluding hydrogens is 270 g/mol. The summed E-state index contributed by atoms with van der Waals surface area (Å²) in [6, 6.07) is 5.93. The number of aliphatic carboxylic acids is 1. The molecule has 21 heavy (non-hydrogen) atoms. The van der Waals surface area contributed by atoms with E-state index in [0.717, 1.165) is 49.4 Å². The molecule has 1 saturated heterocycles. The topological polar surface area (TPSA) is 59.0 Å². The molecule has 2 aliphatic rings. The Labute approximate surface area is 124 Å². The van der Waals surface area contributed by atoms with E-state index in [9.17, 15) is 9.90 Å². The zero-order valence-electron chi connectivity index (χ0n) is 12.3. The van der Waals surface area contributed by atoms with Gasteiger partial charge in [0.25, 0.3) is 0 Å². The summed E-state index contributed by atoms with van der Waals surface area (Å²) >= 11 is 0. The molecule has 0 radical (unpaired) electrons. The minimum absolute atomic E-state index is 0.279. The SMILES string of the molecule is CCCC1(C(=O)O)CCN(Cc2ccc3c(c2)OCO3)C1. The molecule has 1 fully saturated rings. The molecule has 1 aromatic rings. The summed E-state index contributed by atoms with van der Waals surface area (Å²) in [6.07, 6.45) is 2.39. The van der Waals surface area contributed by atoms with Gasteiger partial charge in [-0.2, -0.15) is 0 Å². The summed E-state index contributed by atoms with van der Waals surface area (Å²) in [5.41, 5.74) is 0.572. The van der Waals surface area contributed by atoms with Crippen molar-refractivity contribution >= 4 is 5.97 Å². The highest BCUT2D eigenvalue weighted by molar-refractivity contribution is 5.75. The van der Waals surface area contributed by atoms with Gasteiger partial charge >= 0.3 is 5.97 Å². The van der Waals surface area contributed by atoms with Crippen LogP contribution in [-0.2, 0) is 11.3 Å². The van der Waals surface area contributed by atoms with E-state index in [1.54, 1.807) is 0 Å². The molecule has 1 aromatic carbocycles. The number of benzene rings is 1. The van der Waals surface area contributed by atoms with Crippen molar-refractivity contribution in [1.82, 2.24) is 4.90 Å². The lowest BCUT2D eigenvalue weighted by Gasteiger charge is -2.24. The lowest BCUT2D eigenvalue weighted by Crippen LogP contribution is -2.34. The predicted octanol–water partition coefficient (Wildman–Crippen LogP) is 2.49. The third-order valence-corrected chi connectivity index (χ3v) is 4.46. The average molecular weight is 291 g/mol. The van der Waals surface area contributed by atoms with E-state index in [-0.39, 0.29) is 6.79 Å². The van der Waals surface area contributed by atoms with E-state index in [2.05, 4.69) is 4.90 Å². The highest BCUT2D eigenvalue weighted by Gasteiger charge is 2.43. The number of hydrogen-bond donors (Lipinski definition) is 1. The quantitative estimate of drug-likeness (QED) is 0.903. The first kappa shape index (κ1) is 14.2. The van der Waals surface area contributed by atoms with Gasteiger partial charge in [-0.05, 0) is 37.1 Å². The standard InChI is InChI=1S/C16H21NO4/c1-2-5-16(15(18)19)6-7-17(10-16)9-12-3-4-13-14(8-12)21-11-20-13/h3-4,8H,2,5-7,9-11H2,1H3,(H,18,19). The predicted molar refractivity (Wildman–Crippen MR) is 77.4 cm³/mol. The largest absolute Gasteiger partial charge is 0.481 e. The van der Waals surface area contributed by atoms with Gasteiger partial charge in [0.2, 0.25) is 6.79 Å². The summed E-state index contributed by atoms with van der Waals surface area (Å²) in [6.45, 7) is 4.55. The second-order valence-corrected chi connectivity index (χ2v) is 5.98. The van der Waals surface area contributed by atoms with Crippen LogP contribution in [0.25, 0.3) is 0 Å². The number of carboxylic acids is 1. The summed E-state index contributed by atoms with van der Waals surface area (Å²) in [5, 5.41) is 9.54. The maximum absolute atomic E-state index is 11.6. The third-order valence-electron chi connectivity index (χ3n) is 4.46. The highest BCUT2D eigenvalue weighted by Crippen LogP contribution is 2.37. The van der Waals surface area contributed by atoms with Crippen molar-refractivity contribution in [1.29, 1.82) is 0 Å². The zero-order valence-corrected chi connectivity index (χ0v) is 12.3. The van der Waals surface area contributed by atoms with Crippen LogP contribution in [0.1, 0.15) is 31.7 Å². The highest BCUT2D eigenvalue weighted by atomic mass is 16.7. The van der Waals surface area contributed by atoms with Crippen molar-refractivity contribution < 1.29 is 19.4 Å². The zero-order chi connectivity index (χ0) is 14.9. The van der Waals surface area contributed by atoms with Crippen LogP contribution in [0, 0.1) is 5.41 Å². The Morgan fingerprint density at radius 3 is 2.95 bits per heavy atom. The summed E-state index contributed by atoms with van der Waals surface area (Å²) in [4.78, 5) is 13.8. The smallest absolute Gasteiger partial charge is 0.310 e. The van der Waals surface area contributed by atoms with E-state index >= 15 is 0 Å². The normalized spacial score (nSPS) is 24.4. The number of carbonyl (C=O) groups is 1. The Kier molecular flexibility index (Phi) is 3.76. The number of likely N-dealkylation sites (tertiary alicyclic amines) is 1. The summed E-state index contributed by atoms with van der Waals surface area (Å²) < 4.78 is 10.7. The number of ether oxygens (including phenoxy) is 2. The molecule has 5 nitrogen and oxygen atoms in total. The summed E-state index contributed by atoms with van der Waals surface area (Å²) in [7, 11) is 0. The lowest BCUT2D eigenvalue weighted by atomic mass is 9.83. The molecule has 2 aliphatic heterocycles. The molecule has 0 bridgehead atoms. The number of rotatable bonds is 5. The van der Waals surface area contributed by atoms with Crippen molar-refractivity contribution in [2.75, 3.05) is 19.9 Å². The first-order valence-electron chi connectivity index (χ1n) is 7.47. The van der Waals surface area contributed by atoms with Crippen molar-refractivity contribution in [2.45, 2.75) is 32.7 Å². The van der Waals surface area contributed by atoms with Crippen LogP contribution in [0.15, 0.2) is 18.2 Å². The maximum atomic E-state index is 11.6. The molecule has 1 N–H and O–H groups in total. The molecule has 0 amide bonds. The molecule has 0 saturated carbocycles. The van der Waals surface area contributed by atoms with E-state index in [4.69, 9.17) is 9.47 Å². The van der Waals surface area contributed by atoms with Gasteiger partial charge in [-0.15, -0.1) is 0 Å². The van der Waals surface area contributed by atoms with Crippen LogP contribution >= 0.6 is 0 Å². The van der Waals surface area contributed by atoms with Crippen LogP contribution in [0.3, 0.4) is 0 Å². The average Bonchev–Trinajstić information content (AvgIpc) is 3.06. The van der Waals surface area contributed by atoms with Gasteiger partial charge < -0.3 is 14.6 Å². The third kappa shape index (κ3) is 2.70. The Morgan fingerprint density at radius 2 is 2.19 bits per heavy atom. The van der Waals surface area contributed by atoms with Gasteiger partial charge in [0.15, 0.2) is 11.5 Å². The first-order chi connectivity index (χ1) is 10.1. The molecular formula is C16H21NO4. The lowest BCUT2D eigenvalue weighted by molar-refractivity contribution is -0.148. The number of carboxylic acid groups (broad SMARTS) is 1. The van der Waals surface area contributed by atoms with Gasteiger partial charge in [-0.3, -0.25) is 9.69 Å². The minimum atomic E-state index is -0.655. The van der Waals surface area contributed by atoms with E-state index in [1.807, 2.05) is 25.1 Å². The molecule has 0 spiro atoms. The molecule has 0 aromatic heterocycles. The van der Waals surface area contributed by atoms with Crippen LogP contribution in [-0.4, -0.2) is 35.9 Å². The molecule has 1 unspecified atom stereocenters. The fraction of sp³-hybridized carbons (Fsp3) is 0.562. The monoisotopic (exact) mass is 291 g/mol. The van der Waals surface area contributed by atoms with Gasteiger partial charge in [-0.25, -0.2) is 0 Å². The molecule has 2 heterocycles. The van der Waals surface area contributed by atoms with Crippen LogP contribution in [0.4, 0.5) is 0 Å². The number of fused-ring (bicyclic) bond motifs is 1. The van der Waals surface area contributed by atoms with Crippen molar-refractivity contribution in [3.63, 3.8) is 0 Å². The molecule has 5 heteroatoms. The van der Waals surface area contributed by atoms with Gasteiger partial charge in [0, 0.05) is 13.1 Å². The van der Waals surface area contributed by atoms with Gasteiger partial charge in [0.1, 0.15) is 0 Å². The fourth-order valence-electron chi connectivity index (χ4n) is 3.35. The molecule has 114 valence electrons. The van der Waals surface area contributed by atoms with Gasteiger partial charge in [-0.1, -0.05) is 19.4 Å². The van der Waals surface area contributed by atoms with Crippen LogP contribution in [0.2, 0.25) is 0 Å². The minimum Gasteiger partial charge on any atom is -0.481 e. The van der Waals surface area contributed by atoms with Crippen molar-refractivity contribution in [3.05, 3.63) is 23.8 Å². The number of hydrogen-bond acceptors (Lipinski definition) is 4. The fourth-order valence-corrected chi connectivity index (χ4v) is 3.35. The second-order valence-electron chi connectivity index (χ2n) is 5.98. The molecule has 1 atom stereocenters. The van der Waals surface area contributed by atoms with E-state index < -0.39 is 11.4 Å². The van der Waals surface area contributed by atoms with Crippen molar-refractivity contribution in [3.8, 4) is 11.5 Å². The maximum Gasteiger partial charge on any atom is 0.310 e. The Hall–Kier alpha value is -1.75. The van der Waals surface area contributed by atoms with Crippen molar-refractivity contribution in [2.24, 2.45) is 5.41 Å². The number of nitrogens with zero attached hydrogens (tertiary/aromatic N) is 1. The summed E-state index contributed by atoms with van der Waals surface area (Å²) in [5.74, 6) is 0.910. The second kappa shape index (κ2) is 5.56. The van der Waals surface area contributed by atoms with Crippen LogP contribution in [0.5, 0.6) is 11.5 Å². The van der Waals surface area contributed by atoms with E-state index in [1.165, 1.54) is 0 Å². The molecule has 3 rings (SSSR count). The Morgan fingerprint density at radius 1 is 1.38 bits per heavy atom. The van der Waals surface area contributed by atoms with Gasteiger partial charge in [0.05, 0.1) is 5.41 Å². The first-order valence-corrected chi connectivity index (χ1v) is 7.47. The Bertz CT molecular complexity index is 545. The Balaban J connectivity index is 1.68.